The molecular formula is C56H56ClFN6O12S. The van der Waals surface area contributed by atoms with Crippen LogP contribution in [0.4, 0.5) is 4.39 Å². The van der Waals surface area contributed by atoms with Crippen LogP contribution in [-0.4, -0.2) is 165 Å². The van der Waals surface area contributed by atoms with Gasteiger partial charge in [-0.2, -0.15) is 0 Å². The highest BCUT2D eigenvalue weighted by molar-refractivity contribution is 7.26. The van der Waals surface area contributed by atoms with Gasteiger partial charge in [0.15, 0.2) is 12.1 Å². The second kappa shape index (κ2) is 22.8. The maximum Gasteiger partial charge on any atom is 0.345 e. The van der Waals surface area contributed by atoms with E-state index in [1.165, 1.54) is 29.8 Å². The van der Waals surface area contributed by atoms with Crippen LogP contribution in [0.2, 0.25) is 5.02 Å². The van der Waals surface area contributed by atoms with E-state index >= 15 is 4.39 Å². The Hall–Kier alpha value is -6.59. The van der Waals surface area contributed by atoms with Crippen molar-refractivity contribution in [1.29, 1.82) is 0 Å². The number of hydrogen-bond acceptors (Lipinski definition) is 18. The second-order valence-electron chi connectivity index (χ2n) is 19.1. The number of rotatable bonds is 14. The van der Waals surface area contributed by atoms with Gasteiger partial charge in [-0.05, 0) is 90.6 Å². The number of halogens is 2. The van der Waals surface area contributed by atoms with E-state index in [0.717, 1.165) is 41.8 Å². The Labute approximate surface area is 451 Å². The molecule has 7 atom stereocenters. The summed E-state index contributed by atoms with van der Waals surface area (Å²) in [4.78, 5) is 37.0. The monoisotopic (exact) mass is 1090 g/mol. The van der Waals surface area contributed by atoms with Crippen LogP contribution in [-0.2, 0) is 41.5 Å². The largest absolute Gasteiger partial charge is 0.491 e. The number of carbonyl (C=O) groups is 1. The summed E-state index contributed by atoms with van der Waals surface area (Å²) in [6, 6.07) is 22.7. The minimum absolute atomic E-state index is 0.0135. The van der Waals surface area contributed by atoms with E-state index in [9.17, 15) is 9.90 Å². The Kier molecular flexibility index (Phi) is 15.5. The normalized spacial score (nSPS) is 22.4. The molecule has 6 bridgehead atoms. The molecule has 3 aromatic heterocycles. The van der Waals surface area contributed by atoms with Crippen molar-refractivity contribution in [3.05, 3.63) is 113 Å². The first-order valence-electron chi connectivity index (χ1n) is 25.1. The number of benzene rings is 5. The number of carboxylic acid groups (broad SMARTS) is 1. The van der Waals surface area contributed by atoms with Crippen molar-refractivity contribution in [2.75, 3.05) is 81.4 Å². The lowest BCUT2D eigenvalue weighted by Crippen LogP contribution is -2.61. The molecule has 0 aliphatic carbocycles. The third kappa shape index (κ3) is 10.7. The van der Waals surface area contributed by atoms with Crippen molar-refractivity contribution in [3.8, 4) is 40.3 Å². The number of ether oxygens (including phenoxy) is 10. The highest BCUT2D eigenvalue weighted by atomic mass is 35.5. The number of fused-ring (bicyclic) bond motifs is 8. The fraction of sp³-hybridized carbons (Fsp3) is 0.375. The maximum absolute atomic E-state index is 15.2. The molecule has 4 aliphatic rings. The quantitative estimate of drug-likeness (QED) is 0.102. The van der Waals surface area contributed by atoms with E-state index < -0.39 is 54.7 Å². The van der Waals surface area contributed by atoms with E-state index in [1.807, 2.05) is 36.4 Å². The smallest absolute Gasteiger partial charge is 0.345 e. The van der Waals surface area contributed by atoms with Crippen LogP contribution in [0.25, 0.3) is 53.2 Å². The summed E-state index contributed by atoms with van der Waals surface area (Å²) in [6.45, 7) is 4.26. The molecule has 21 heteroatoms. The van der Waals surface area contributed by atoms with Crippen LogP contribution in [0.15, 0.2) is 91.4 Å². The van der Waals surface area contributed by atoms with Gasteiger partial charge in [-0.1, -0.05) is 17.7 Å². The third-order valence-corrected chi connectivity index (χ3v) is 15.8. The lowest BCUT2D eigenvalue weighted by molar-refractivity contribution is -0.305. The molecule has 77 heavy (non-hydrogen) atoms. The average molecular weight is 1090 g/mol. The van der Waals surface area contributed by atoms with Gasteiger partial charge >= 0.3 is 5.97 Å². The van der Waals surface area contributed by atoms with Crippen molar-refractivity contribution in [2.24, 2.45) is 0 Å². The number of hydrogen-bond donors (Lipinski definition) is 1. The van der Waals surface area contributed by atoms with Gasteiger partial charge in [0.2, 0.25) is 12.0 Å². The van der Waals surface area contributed by atoms with Crippen LogP contribution < -0.4 is 23.7 Å². The van der Waals surface area contributed by atoms with Crippen LogP contribution in [0, 0.1) is 5.82 Å². The lowest BCUT2D eigenvalue weighted by atomic mass is 9.97. The van der Waals surface area contributed by atoms with Gasteiger partial charge in [-0.25, -0.2) is 29.1 Å². The number of aromatic nitrogens is 4. The first-order chi connectivity index (χ1) is 37.5. The minimum Gasteiger partial charge on any atom is -0.491 e. The molecule has 2 fully saturated rings. The Balaban J connectivity index is 0.887. The molecule has 0 amide bonds. The van der Waals surface area contributed by atoms with Crippen molar-refractivity contribution in [3.63, 3.8) is 0 Å². The zero-order chi connectivity index (χ0) is 53.3. The Morgan fingerprint density at radius 3 is 2.38 bits per heavy atom. The number of piperazine rings is 1. The van der Waals surface area contributed by atoms with Crippen molar-refractivity contribution in [2.45, 2.75) is 55.9 Å². The summed E-state index contributed by atoms with van der Waals surface area (Å²) in [6.07, 6.45) is -1.75. The van der Waals surface area contributed by atoms with Gasteiger partial charge < -0.3 is 57.4 Å². The van der Waals surface area contributed by atoms with E-state index in [-0.39, 0.29) is 32.1 Å². The predicted octanol–water partition coefficient (Wildman–Crippen LogP) is 8.24. The van der Waals surface area contributed by atoms with Crippen LogP contribution in [0.3, 0.4) is 0 Å². The number of likely N-dealkylation sites (N-methyl/N-ethyl adjacent to an activating group) is 1. The highest BCUT2D eigenvalue weighted by Crippen LogP contribution is 2.49. The van der Waals surface area contributed by atoms with Gasteiger partial charge in [0, 0.05) is 106 Å². The van der Waals surface area contributed by atoms with E-state index in [0.29, 0.717) is 83.4 Å². The fourth-order valence-electron chi connectivity index (χ4n) is 10.4. The zero-order valence-electron chi connectivity index (χ0n) is 42.9. The number of nitrogens with zero attached hydrogens (tertiary/aromatic N) is 6. The molecule has 0 saturated carbocycles. The molecular weight excluding hydrogens is 1040 g/mol. The molecule has 7 heterocycles. The summed E-state index contributed by atoms with van der Waals surface area (Å²) in [5, 5.41) is 15.0. The van der Waals surface area contributed by atoms with Crippen LogP contribution in [0.1, 0.15) is 11.3 Å². The van der Waals surface area contributed by atoms with Crippen molar-refractivity contribution < 1.29 is 61.7 Å². The summed E-state index contributed by atoms with van der Waals surface area (Å²) < 4.78 is 77.3. The van der Waals surface area contributed by atoms with E-state index in [4.69, 9.17) is 64.0 Å². The first kappa shape index (κ1) is 52.5. The molecule has 1 N–H and O–H groups in total. The Morgan fingerprint density at radius 2 is 1.61 bits per heavy atom. The standard InChI is InChI=1S/C56H56ClFN6O12S/c1-63-18-20-64(21-19-63)25-36-27-71-35-11-14-40(73-26-33-16-17-59-52(62-33)30-6-9-34(10-7-30)72-28-43-48(67-2)49(68-3)50(69-4)56(70-5)76-43)31(22-35)23-42(55(65)66)75-53-46-45-38-13-15-41(74-36)47(57)44(38)39-24-32(58)8-12-37(39)51(45)77-54(46)61-29-60-53/h6-17,22,24,29,36,42-43,48-50,56H,18-21,23,25-28H2,1-5H3,(H,65,66)/t36-,42-,43-,48-,49+,50+,56+/m1/s1. The molecule has 402 valence electrons. The molecule has 8 aromatic rings. The molecule has 18 nitrogen and oxygen atoms in total. The SMILES string of the molecule is CO[C@H]1O[C@H](COc2ccc(-c3nccc(COc4ccc5cc4C[C@H](C(=O)O)Oc4ncnc6sc7c8ccc(F)cc8c8c(Cl)c(ccc8c7c46)O[C@H](CN4CCN(C)CC4)CO5)n3)cc2)[C@@H](OC)[C@H](OC)[C@@H]1OC. The molecule has 5 aromatic carbocycles. The van der Waals surface area contributed by atoms with E-state index in [1.54, 1.807) is 65.0 Å². The number of carboxylic acids is 1. The first-order valence-corrected chi connectivity index (χ1v) is 26.3. The Morgan fingerprint density at radius 1 is 0.818 bits per heavy atom. The van der Waals surface area contributed by atoms with Crippen molar-refractivity contribution in [1.82, 2.24) is 29.7 Å². The van der Waals surface area contributed by atoms with Gasteiger partial charge in [0.25, 0.3) is 0 Å². The maximum atomic E-state index is 15.2. The summed E-state index contributed by atoms with van der Waals surface area (Å²) >= 11 is 8.78. The van der Waals surface area contributed by atoms with E-state index in [2.05, 4.69) is 31.8 Å². The van der Waals surface area contributed by atoms with Gasteiger partial charge in [-0.3, -0.25) is 4.90 Å². The fourth-order valence-corrected chi connectivity index (χ4v) is 11.9. The second-order valence-corrected chi connectivity index (χ2v) is 20.5. The lowest BCUT2D eigenvalue weighted by Gasteiger charge is -2.44. The average Bonchev–Trinajstić information content (AvgIpc) is 4.11. The topological polar surface area (TPSA) is 188 Å². The molecule has 4 aliphatic heterocycles. The number of methoxy groups -OCH3 is 4. The highest BCUT2D eigenvalue weighted by Gasteiger charge is 2.47. The van der Waals surface area contributed by atoms with Gasteiger partial charge in [-0.15, -0.1) is 11.3 Å². The predicted molar refractivity (Wildman–Crippen MR) is 286 cm³/mol. The summed E-state index contributed by atoms with van der Waals surface area (Å²) in [5.41, 5.74) is 1.80. The molecule has 0 spiro atoms. The minimum atomic E-state index is -1.46. The summed E-state index contributed by atoms with van der Waals surface area (Å²) in [5.74, 6) is 0.687. The van der Waals surface area contributed by atoms with Gasteiger partial charge in [0.05, 0.1) is 16.1 Å². The zero-order valence-corrected chi connectivity index (χ0v) is 44.4. The van der Waals surface area contributed by atoms with Gasteiger partial charge in [0.1, 0.15) is 90.3 Å². The van der Waals surface area contributed by atoms with Crippen LogP contribution >= 0.6 is 22.9 Å². The van der Waals surface area contributed by atoms with Crippen molar-refractivity contribution >= 4 is 70.8 Å². The number of aliphatic carboxylic acids is 1. The molecule has 2 saturated heterocycles. The third-order valence-electron chi connectivity index (χ3n) is 14.3. The number of thiophene rings is 1. The van der Waals surface area contributed by atoms with Crippen LogP contribution in [0.5, 0.6) is 28.9 Å². The molecule has 0 unspecified atom stereocenters. The molecule has 0 radical (unpaired) electrons. The molecule has 12 rings (SSSR count). The summed E-state index contributed by atoms with van der Waals surface area (Å²) in [7, 11) is 8.39. The Bertz CT molecular complexity index is 3440.